The van der Waals surface area contributed by atoms with E-state index in [4.69, 9.17) is 0 Å². The van der Waals surface area contributed by atoms with Crippen LogP contribution in [0.15, 0.2) is 77.8 Å². The van der Waals surface area contributed by atoms with Gasteiger partial charge in [0.2, 0.25) is 6.19 Å². The topological polar surface area (TPSA) is 97.8 Å². The summed E-state index contributed by atoms with van der Waals surface area (Å²) in [6.07, 6.45) is -17.2. The molecule has 0 amide bonds. The van der Waals surface area contributed by atoms with Crippen molar-refractivity contribution in [3.05, 3.63) is 118 Å². The maximum atomic E-state index is 14.0. The summed E-state index contributed by atoms with van der Waals surface area (Å²) in [5, 5.41) is 21.6. The quantitative estimate of drug-likeness (QED) is 0.110. The fourth-order valence-electron chi connectivity index (χ4n) is 6.56. The first-order chi connectivity index (χ1) is 25.2. The molecule has 0 saturated heterocycles. The van der Waals surface area contributed by atoms with E-state index in [0.717, 1.165) is 0 Å². The maximum Gasteiger partial charge on any atom is 0.417 e. The van der Waals surface area contributed by atoms with E-state index in [9.17, 15) is 63.2 Å². The van der Waals surface area contributed by atoms with Crippen LogP contribution in [0.25, 0.3) is 44.8 Å². The number of rotatable bonds is 3. The second-order valence-corrected chi connectivity index (χ2v) is 12.0. The summed E-state index contributed by atoms with van der Waals surface area (Å²) in [5.74, 6) is 0. The van der Waals surface area contributed by atoms with E-state index in [1.807, 2.05) is 0 Å². The molecule has 2 aliphatic carbocycles. The number of alkyl halides is 12. The van der Waals surface area contributed by atoms with Gasteiger partial charge in [-0.05, 0) is 64.2 Å². The molecule has 54 heavy (non-hydrogen) atoms. The van der Waals surface area contributed by atoms with Crippen LogP contribution in [0, 0.1) is 22.9 Å². The maximum absolute atomic E-state index is 14.0. The van der Waals surface area contributed by atoms with Crippen molar-refractivity contribution in [2.24, 2.45) is 4.99 Å². The highest BCUT2D eigenvalue weighted by molar-refractivity contribution is 6.23. The molecule has 1 atom stereocenters. The van der Waals surface area contributed by atoms with Gasteiger partial charge in [0, 0.05) is 16.7 Å². The summed E-state index contributed by atoms with van der Waals surface area (Å²) in [7, 11) is 0. The molecule has 0 spiro atoms. The van der Waals surface area contributed by atoms with E-state index in [0.29, 0.717) is 24.3 Å². The largest absolute Gasteiger partial charge is 0.417 e. The number of hydrogen-bond acceptors (Lipinski definition) is 6. The van der Waals surface area contributed by atoms with Crippen LogP contribution in [0.4, 0.5) is 52.7 Å². The van der Waals surface area contributed by atoms with Crippen LogP contribution in [-0.2, 0) is 24.7 Å². The highest BCUT2D eigenvalue weighted by Gasteiger charge is 2.42. The van der Waals surface area contributed by atoms with Crippen molar-refractivity contribution < 1.29 is 52.7 Å². The van der Waals surface area contributed by atoms with Gasteiger partial charge in [-0.3, -0.25) is 0 Å². The van der Waals surface area contributed by atoms with Crippen LogP contribution in [0.1, 0.15) is 50.8 Å². The first-order valence-corrected chi connectivity index (χ1v) is 15.1. The Kier molecular flexibility index (Phi) is 8.03. The van der Waals surface area contributed by atoms with Gasteiger partial charge >= 0.3 is 24.7 Å². The van der Waals surface area contributed by atoms with Crippen LogP contribution in [0.3, 0.4) is 0 Å². The summed E-state index contributed by atoms with van der Waals surface area (Å²) >= 11 is 0. The first-order valence-electron chi connectivity index (χ1n) is 15.1. The second-order valence-electron chi connectivity index (χ2n) is 12.0. The Bertz CT molecular complexity index is 2520. The summed E-state index contributed by atoms with van der Waals surface area (Å²) in [6, 6.07) is 8.65. The predicted octanol–water partition coefficient (Wildman–Crippen LogP) is 10.3. The van der Waals surface area contributed by atoms with Gasteiger partial charge in [-0.1, -0.05) is 36.4 Å². The van der Waals surface area contributed by atoms with Gasteiger partial charge in [-0.25, -0.2) is 9.97 Å². The third kappa shape index (κ3) is 5.93. The van der Waals surface area contributed by atoms with Crippen molar-refractivity contribution in [2.45, 2.75) is 30.7 Å². The van der Waals surface area contributed by atoms with Crippen molar-refractivity contribution in [3.63, 3.8) is 0 Å². The lowest BCUT2D eigenvalue weighted by atomic mass is 9.93. The second kappa shape index (κ2) is 12.1. The first kappa shape index (κ1) is 36.0. The standard InChI is InChI=1S/C36H14F12N6/c37-33(38,39)17-3-7-19(25(11-17)35(43,44)45)15-1-5-21-23(9-15)27(51-13-49)31-29(21)53-32-28(52-14-50)24-10-16(2-6-22(24)30(32)54-31)20-8-4-18(34(40,41)42)12-26(20)36(46,47)48/h1-12,27,51H. The fourth-order valence-corrected chi connectivity index (χ4v) is 6.56. The van der Waals surface area contributed by atoms with E-state index in [2.05, 4.69) is 20.3 Å². The third-order valence-electron chi connectivity index (χ3n) is 8.87. The molecule has 0 aliphatic heterocycles. The molecule has 0 radical (unpaired) electrons. The van der Waals surface area contributed by atoms with Crippen LogP contribution in [0.2, 0.25) is 0 Å². The number of aromatic nitrogens is 2. The Labute approximate surface area is 294 Å². The Hall–Kier alpha value is -6.43. The van der Waals surface area contributed by atoms with Gasteiger partial charge in [0.05, 0.1) is 39.3 Å². The number of hydrogen-bond donors (Lipinski definition) is 1. The summed E-state index contributed by atoms with van der Waals surface area (Å²) in [4.78, 5) is 13.1. The van der Waals surface area contributed by atoms with E-state index in [1.54, 1.807) is 12.4 Å². The molecule has 7 rings (SSSR count). The lowest BCUT2D eigenvalue weighted by Gasteiger charge is -2.17. The van der Waals surface area contributed by atoms with Gasteiger partial charge in [-0.2, -0.15) is 68.2 Å². The number of nitrogens with one attached hydrogen (secondary N) is 1. The zero-order valence-corrected chi connectivity index (χ0v) is 26.3. The molecule has 1 unspecified atom stereocenters. The lowest BCUT2D eigenvalue weighted by molar-refractivity contribution is -0.144. The SMILES string of the molecule is N#CN=C1c2cc(-c3ccc(C(F)(F)F)cc3C(F)(F)F)ccc2-c2nc3c(nc21)-c1ccc(-c2ccc(C(F)(F)F)cc2C(F)(F)F)cc1C3NC#N. The lowest BCUT2D eigenvalue weighted by Crippen LogP contribution is -2.16. The average molecular weight is 759 g/mol. The van der Waals surface area contributed by atoms with E-state index in [1.165, 1.54) is 36.4 Å². The molecule has 6 nitrogen and oxygen atoms in total. The average Bonchev–Trinajstić information content (AvgIpc) is 3.56. The number of halogens is 12. The zero-order chi connectivity index (χ0) is 39.1. The van der Waals surface area contributed by atoms with Gasteiger partial charge < -0.3 is 5.32 Å². The number of nitrogens with zero attached hydrogens (tertiary/aromatic N) is 5. The third-order valence-corrected chi connectivity index (χ3v) is 8.87. The van der Waals surface area contributed by atoms with Gasteiger partial charge in [0.25, 0.3) is 0 Å². The molecule has 18 heteroatoms. The molecule has 0 bridgehead atoms. The molecule has 1 aromatic heterocycles. The molecule has 272 valence electrons. The van der Waals surface area contributed by atoms with E-state index in [-0.39, 0.29) is 74.0 Å². The number of nitriles is 2. The minimum Gasteiger partial charge on any atom is -0.310 e. The van der Waals surface area contributed by atoms with E-state index >= 15 is 0 Å². The summed E-state index contributed by atoms with van der Waals surface area (Å²) < 4.78 is 164. The van der Waals surface area contributed by atoms with Crippen molar-refractivity contribution in [2.75, 3.05) is 0 Å². The van der Waals surface area contributed by atoms with Gasteiger partial charge in [-0.15, -0.1) is 0 Å². The Morgan fingerprint density at radius 3 is 1.56 bits per heavy atom. The number of aliphatic imine (C=N–C) groups is 1. The van der Waals surface area contributed by atoms with Gasteiger partial charge in [0.1, 0.15) is 17.4 Å². The molecular weight excluding hydrogens is 744 g/mol. The van der Waals surface area contributed by atoms with Crippen LogP contribution in [0.5, 0.6) is 0 Å². The molecule has 2 aliphatic rings. The summed E-state index contributed by atoms with van der Waals surface area (Å²) in [6.45, 7) is 0. The molecule has 4 aromatic carbocycles. The van der Waals surface area contributed by atoms with Crippen LogP contribution < -0.4 is 5.32 Å². The van der Waals surface area contributed by atoms with E-state index < -0.39 is 64.1 Å². The highest BCUT2D eigenvalue weighted by Crippen LogP contribution is 2.49. The smallest absolute Gasteiger partial charge is 0.310 e. The Morgan fingerprint density at radius 1 is 0.537 bits per heavy atom. The monoisotopic (exact) mass is 758 g/mol. The normalized spacial score (nSPS) is 15.6. The fraction of sp³-hybridized carbons (Fsp3) is 0.139. The Morgan fingerprint density at radius 2 is 1.06 bits per heavy atom. The minimum absolute atomic E-state index is 0.00358. The highest BCUT2D eigenvalue weighted by atomic mass is 19.4. The Balaban J connectivity index is 1.36. The van der Waals surface area contributed by atoms with Crippen molar-refractivity contribution in [1.82, 2.24) is 15.3 Å². The molecule has 0 saturated carbocycles. The molecule has 5 aromatic rings. The zero-order valence-electron chi connectivity index (χ0n) is 26.3. The number of benzene rings is 4. The number of fused-ring (bicyclic) bond motifs is 6. The van der Waals surface area contributed by atoms with Crippen molar-refractivity contribution in [1.29, 1.82) is 10.5 Å². The van der Waals surface area contributed by atoms with Crippen molar-refractivity contribution in [3.8, 4) is 57.2 Å². The van der Waals surface area contributed by atoms with Crippen LogP contribution in [-0.4, -0.2) is 15.7 Å². The van der Waals surface area contributed by atoms with Gasteiger partial charge in [0.15, 0.2) is 6.19 Å². The molecule has 1 heterocycles. The summed E-state index contributed by atoms with van der Waals surface area (Å²) in [5.41, 5.74) is -6.98. The van der Waals surface area contributed by atoms with Crippen LogP contribution >= 0.6 is 0 Å². The predicted molar refractivity (Wildman–Crippen MR) is 166 cm³/mol. The molecule has 0 fully saturated rings. The molecule has 1 N–H and O–H groups in total. The molecular formula is C36H14F12N6. The minimum atomic E-state index is -5.19. The van der Waals surface area contributed by atoms with Crippen molar-refractivity contribution >= 4 is 5.71 Å².